The third-order valence-electron chi connectivity index (χ3n) is 2.42. The predicted octanol–water partition coefficient (Wildman–Crippen LogP) is 2.46. The molecule has 0 saturated carbocycles. The number of alkyl halides is 2. The SMILES string of the molecule is O=C1N[C@H](c2cccc(OC(F)F)c2)CCO1. The van der Waals surface area contributed by atoms with Crippen LogP contribution in [0.2, 0.25) is 0 Å². The molecule has 0 aliphatic carbocycles. The molecule has 17 heavy (non-hydrogen) atoms. The molecule has 92 valence electrons. The van der Waals surface area contributed by atoms with E-state index < -0.39 is 12.7 Å². The van der Waals surface area contributed by atoms with Gasteiger partial charge in [0.15, 0.2) is 0 Å². The highest BCUT2D eigenvalue weighted by atomic mass is 19.3. The zero-order valence-corrected chi connectivity index (χ0v) is 8.86. The highest BCUT2D eigenvalue weighted by molar-refractivity contribution is 5.68. The summed E-state index contributed by atoms with van der Waals surface area (Å²) in [5.74, 6) is 0.0817. The van der Waals surface area contributed by atoms with Gasteiger partial charge < -0.3 is 14.8 Å². The van der Waals surface area contributed by atoms with Crippen molar-refractivity contribution in [1.29, 1.82) is 0 Å². The van der Waals surface area contributed by atoms with E-state index in [-0.39, 0.29) is 11.8 Å². The number of hydrogen-bond acceptors (Lipinski definition) is 3. The Kier molecular flexibility index (Phi) is 3.41. The number of amides is 1. The molecule has 4 nitrogen and oxygen atoms in total. The first kappa shape index (κ1) is 11.6. The zero-order valence-electron chi connectivity index (χ0n) is 8.86. The van der Waals surface area contributed by atoms with Crippen molar-refractivity contribution in [3.05, 3.63) is 29.8 Å². The standard InChI is InChI=1S/C11H11F2NO3/c12-10(13)17-8-3-1-2-7(6-8)9-4-5-16-11(15)14-9/h1-3,6,9-10H,4-5H2,(H,14,15)/t9-/m0/s1. The van der Waals surface area contributed by atoms with Gasteiger partial charge in [0, 0.05) is 6.42 Å². The van der Waals surface area contributed by atoms with E-state index in [0.29, 0.717) is 13.0 Å². The summed E-state index contributed by atoms with van der Waals surface area (Å²) >= 11 is 0. The first-order chi connectivity index (χ1) is 8.15. The molecule has 0 radical (unpaired) electrons. The van der Waals surface area contributed by atoms with E-state index in [9.17, 15) is 13.6 Å². The normalized spacial score (nSPS) is 19.7. The van der Waals surface area contributed by atoms with Gasteiger partial charge in [-0.25, -0.2) is 4.79 Å². The minimum atomic E-state index is -2.85. The fourth-order valence-corrected chi connectivity index (χ4v) is 1.68. The van der Waals surface area contributed by atoms with Crippen LogP contribution in [-0.2, 0) is 4.74 Å². The summed E-state index contributed by atoms with van der Waals surface area (Å²) in [5.41, 5.74) is 0.722. The second-order valence-corrected chi connectivity index (χ2v) is 3.57. The lowest BCUT2D eigenvalue weighted by atomic mass is 10.0. The van der Waals surface area contributed by atoms with Crippen LogP contribution < -0.4 is 10.1 Å². The maximum absolute atomic E-state index is 12.0. The molecule has 1 fully saturated rings. The van der Waals surface area contributed by atoms with Gasteiger partial charge in [-0.2, -0.15) is 8.78 Å². The monoisotopic (exact) mass is 243 g/mol. The van der Waals surface area contributed by atoms with E-state index in [1.54, 1.807) is 12.1 Å². The average molecular weight is 243 g/mol. The Morgan fingerprint density at radius 2 is 2.29 bits per heavy atom. The number of ether oxygens (including phenoxy) is 2. The molecule has 0 bridgehead atoms. The van der Waals surface area contributed by atoms with E-state index in [1.165, 1.54) is 12.1 Å². The number of benzene rings is 1. The molecular formula is C11H11F2NO3. The number of halogens is 2. The van der Waals surface area contributed by atoms with Gasteiger partial charge in [-0.1, -0.05) is 12.1 Å². The third kappa shape index (κ3) is 3.05. The van der Waals surface area contributed by atoms with Crippen molar-refractivity contribution in [3.63, 3.8) is 0 Å². The topological polar surface area (TPSA) is 47.6 Å². The molecular weight excluding hydrogens is 232 g/mol. The number of nitrogens with one attached hydrogen (secondary N) is 1. The van der Waals surface area contributed by atoms with Gasteiger partial charge in [0.1, 0.15) is 5.75 Å². The number of cyclic esters (lactones) is 1. The highest BCUT2D eigenvalue weighted by Crippen LogP contribution is 2.24. The smallest absolute Gasteiger partial charge is 0.407 e. The van der Waals surface area contributed by atoms with Crippen molar-refractivity contribution in [2.45, 2.75) is 19.1 Å². The second-order valence-electron chi connectivity index (χ2n) is 3.57. The summed E-state index contributed by atoms with van der Waals surface area (Å²) in [6.07, 6.45) is 0.102. The van der Waals surface area contributed by atoms with Gasteiger partial charge in [-0.3, -0.25) is 0 Å². The molecule has 1 aliphatic rings. The number of carbonyl (C=O) groups excluding carboxylic acids is 1. The van der Waals surface area contributed by atoms with Crippen LogP contribution in [0.1, 0.15) is 18.0 Å². The van der Waals surface area contributed by atoms with Gasteiger partial charge in [0.25, 0.3) is 0 Å². The fourth-order valence-electron chi connectivity index (χ4n) is 1.68. The molecule has 0 unspecified atom stereocenters. The van der Waals surface area contributed by atoms with E-state index in [4.69, 9.17) is 4.74 Å². The minimum absolute atomic E-state index is 0.0817. The van der Waals surface area contributed by atoms with Gasteiger partial charge in [0.05, 0.1) is 12.6 Å². The lowest BCUT2D eigenvalue weighted by Gasteiger charge is -2.23. The summed E-state index contributed by atoms with van der Waals surface area (Å²) in [6.45, 7) is -2.54. The van der Waals surface area contributed by atoms with Gasteiger partial charge in [-0.15, -0.1) is 0 Å². The molecule has 6 heteroatoms. The average Bonchev–Trinajstić information content (AvgIpc) is 2.28. The molecule has 1 amide bonds. The molecule has 0 aromatic heterocycles. The largest absolute Gasteiger partial charge is 0.449 e. The summed E-state index contributed by atoms with van der Waals surface area (Å²) in [7, 11) is 0. The van der Waals surface area contributed by atoms with Crippen LogP contribution in [-0.4, -0.2) is 19.3 Å². The van der Waals surface area contributed by atoms with Crippen LogP contribution in [0.25, 0.3) is 0 Å². The van der Waals surface area contributed by atoms with Crippen molar-refractivity contribution in [3.8, 4) is 5.75 Å². The number of rotatable bonds is 3. The maximum Gasteiger partial charge on any atom is 0.407 e. The van der Waals surface area contributed by atoms with E-state index in [1.807, 2.05) is 0 Å². The highest BCUT2D eigenvalue weighted by Gasteiger charge is 2.21. The molecule has 1 aromatic rings. The molecule has 1 atom stereocenters. The Morgan fingerprint density at radius 3 is 3.00 bits per heavy atom. The maximum atomic E-state index is 12.0. The Bertz CT molecular complexity index is 411. The van der Waals surface area contributed by atoms with Crippen LogP contribution in [0.4, 0.5) is 13.6 Å². The second kappa shape index (κ2) is 4.99. The van der Waals surface area contributed by atoms with Crippen molar-refractivity contribution in [2.24, 2.45) is 0 Å². The Hall–Kier alpha value is -1.85. The first-order valence-electron chi connectivity index (χ1n) is 5.13. The fraction of sp³-hybridized carbons (Fsp3) is 0.364. The number of hydrogen-bond donors (Lipinski definition) is 1. The zero-order chi connectivity index (χ0) is 12.3. The molecule has 1 N–H and O–H groups in total. The quantitative estimate of drug-likeness (QED) is 0.887. The molecule has 0 spiro atoms. The minimum Gasteiger partial charge on any atom is -0.449 e. The van der Waals surface area contributed by atoms with Crippen LogP contribution in [0.15, 0.2) is 24.3 Å². The van der Waals surface area contributed by atoms with Crippen LogP contribution in [0.3, 0.4) is 0 Å². The number of carbonyl (C=O) groups is 1. The van der Waals surface area contributed by atoms with Gasteiger partial charge in [0.2, 0.25) is 0 Å². The van der Waals surface area contributed by atoms with Crippen LogP contribution in [0.5, 0.6) is 5.75 Å². The van der Waals surface area contributed by atoms with E-state index in [2.05, 4.69) is 10.1 Å². The Labute approximate surface area is 96.5 Å². The van der Waals surface area contributed by atoms with Crippen molar-refractivity contribution >= 4 is 6.09 Å². The molecule has 1 aromatic carbocycles. The van der Waals surface area contributed by atoms with E-state index in [0.717, 1.165) is 5.56 Å². The molecule has 2 rings (SSSR count). The van der Waals surface area contributed by atoms with Crippen LogP contribution in [0, 0.1) is 0 Å². The van der Waals surface area contributed by atoms with Crippen molar-refractivity contribution in [2.75, 3.05) is 6.61 Å². The first-order valence-corrected chi connectivity index (χ1v) is 5.13. The van der Waals surface area contributed by atoms with Gasteiger partial charge >= 0.3 is 12.7 Å². The van der Waals surface area contributed by atoms with Gasteiger partial charge in [-0.05, 0) is 17.7 Å². The summed E-state index contributed by atoms with van der Waals surface area (Å²) in [4.78, 5) is 11.0. The lowest BCUT2D eigenvalue weighted by molar-refractivity contribution is -0.0499. The number of alkyl carbamates (subject to hydrolysis) is 1. The van der Waals surface area contributed by atoms with Crippen LogP contribution >= 0.6 is 0 Å². The van der Waals surface area contributed by atoms with Crippen molar-refractivity contribution in [1.82, 2.24) is 5.32 Å². The van der Waals surface area contributed by atoms with Crippen molar-refractivity contribution < 1.29 is 23.0 Å². The summed E-state index contributed by atoms with van der Waals surface area (Å²) < 4.78 is 33.1. The summed E-state index contributed by atoms with van der Waals surface area (Å²) in [6, 6.07) is 6.06. The lowest BCUT2D eigenvalue weighted by Crippen LogP contribution is -2.35. The summed E-state index contributed by atoms with van der Waals surface area (Å²) in [5, 5.41) is 2.61. The van der Waals surface area contributed by atoms with E-state index >= 15 is 0 Å². The third-order valence-corrected chi connectivity index (χ3v) is 2.42. The molecule has 1 aliphatic heterocycles. The molecule has 1 heterocycles. The Balaban J connectivity index is 2.12. The Morgan fingerprint density at radius 1 is 1.47 bits per heavy atom. The molecule has 1 saturated heterocycles. The predicted molar refractivity (Wildman–Crippen MR) is 54.9 cm³/mol.